The van der Waals surface area contributed by atoms with E-state index in [1.165, 1.54) is 0 Å². The number of benzene rings is 1. The molecule has 2 amide bonds. The molecule has 0 unspecified atom stereocenters. The van der Waals surface area contributed by atoms with Gasteiger partial charge in [0.15, 0.2) is 5.82 Å². The maximum absolute atomic E-state index is 12.7. The van der Waals surface area contributed by atoms with Crippen LogP contribution in [0.1, 0.15) is 42.8 Å². The van der Waals surface area contributed by atoms with Gasteiger partial charge in [0.1, 0.15) is 11.5 Å². The van der Waals surface area contributed by atoms with E-state index in [-0.39, 0.29) is 23.8 Å². The molecule has 0 spiro atoms. The molecule has 27 heavy (non-hydrogen) atoms. The van der Waals surface area contributed by atoms with E-state index in [9.17, 15) is 9.59 Å². The predicted molar refractivity (Wildman–Crippen MR) is 101 cm³/mol. The molecule has 144 valence electrons. The molecule has 2 aromatic rings. The summed E-state index contributed by atoms with van der Waals surface area (Å²) in [4.78, 5) is 26.8. The Bertz CT molecular complexity index is 790. The molecule has 0 radical (unpaired) electrons. The van der Waals surface area contributed by atoms with Crippen molar-refractivity contribution in [2.75, 3.05) is 18.4 Å². The lowest BCUT2D eigenvalue weighted by Crippen LogP contribution is -2.41. The van der Waals surface area contributed by atoms with Crippen molar-refractivity contribution in [2.45, 2.75) is 39.7 Å². The lowest BCUT2D eigenvalue weighted by Gasteiger charge is -2.31. The van der Waals surface area contributed by atoms with Gasteiger partial charge >= 0.3 is 0 Å². The van der Waals surface area contributed by atoms with Crippen molar-refractivity contribution in [3.05, 3.63) is 41.7 Å². The number of amides is 2. The van der Waals surface area contributed by atoms with Crippen molar-refractivity contribution in [3.8, 4) is 5.75 Å². The van der Waals surface area contributed by atoms with E-state index in [0.717, 1.165) is 5.75 Å². The highest BCUT2D eigenvalue weighted by atomic mass is 16.5. The number of anilines is 1. The molecule has 0 aliphatic carbocycles. The fraction of sp³-hybridized carbons (Fsp3) is 0.450. The van der Waals surface area contributed by atoms with Crippen LogP contribution in [-0.4, -0.2) is 41.1 Å². The van der Waals surface area contributed by atoms with Crippen LogP contribution < -0.4 is 10.1 Å². The molecule has 1 aromatic carbocycles. The van der Waals surface area contributed by atoms with E-state index in [0.29, 0.717) is 43.1 Å². The van der Waals surface area contributed by atoms with Crippen LogP contribution in [0.5, 0.6) is 5.75 Å². The normalized spacial score (nSPS) is 15.0. The average molecular weight is 371 g/mol. The van der Waals surface area contributed by atoms with Crippen molar-refractivity contribution in [1.82, 2.24) is 10.1 Å². The SMILES string of the molecule is Cc1cc(NC(=O)C2CCN(C(=O)c3ccc(OC(C)C)cc3)CC2)no1. The Morgan fingerprint density at radius 3 is 2.44 bits per heavy atom. The summed E-state index contributed by atoms with van der Waals surface area (Å²) >= 11 is 0. The summed E-state index contributed by atoms with van der Waals surface area (Å²) in [6.45, 7) is 6.80. The van der Waals surface area contributed by atoms with Gasteiger partial charge < -0.3 is 19.5 Å². The zero-order valence-corrected chi connectivity index (χ0v) is 15.9. The molecule has 1 fully saturated rings. The molecule has 3 rings (SSSR count). The van der Waals surface area contributed by atoms with Crippen molar-refractivity contribution >= 4 is 17.6 Å². The Kier molecular flexibility index (Phi) is 5.78. The number of carbonyl (C=O) groups excluding carboxylic acids is 2. The summed E-state index contributed by atoms with van der Waals surface area (Å²) in [7, 11) is 0. The zero-order chi connectivity index (χ0) is 19.4. The van der Waals surface area contributed by atoms with Crippen LogP contribution in [0.2, 0.25) is 0 Å². The van der Waals surface area contributed by atoms with Crippen LogP contribution in [0.15, 0.2) is 34.9 Å². The number of carbonyl (C=O) groups is 2. The van der Waals surface area contributed by atoms with Gasteiger partial charge in [-0.15, -0.1) is 0 Å². The first kappa shape index (κ1) is 18.9. The highest BCUT2D eigenvalue weighted by Crippen LogP contribution is 2.22. The van der Waals surface area contributed by atoms with E-state index in [1.54, 1.807) is 30.0 Å². The number of rotatable bonds is 5. The first-order valence-corrected chi connectivity index (χ1v) is 9.22. The van der Waals surface area contributed by atoms with Crippen molar-refractivity contribution < 1.29 is 18.8 Å². The minimum absolute atomic E-state index is 0.0166. The van der Waals surface area contributed by atoms with Gasteiger partial charge in [0.2, 0.25) is 5.91 Å². The summed E-state index contributed by atoms with van der Waals surface area (Å²) in [5, 5.41) is 6.55. The van der Waals surface area contributed by atoms with Gasteiger partial charge in [-0.1, -0.05) is 5.16 Å². The molecular formula is C20H25N3O4. The van der Waals surface area contributed by atoms with Gasteiger partial charge in [-0.3, -0.25) is 9.59 Å². The van der Waals surface area contributed by atoms with Gasteiger partial charge in [0, 0.05) is 30.6 Å². The molecule has 0 saturated carbocycles. The Balaban J connectivity index is 1.52. The summed E-state index contributed by atoms with van der Waals surface area (Å²) in [6, 6.07) is 8.88. The summed E-state index contributed by atoms with van der Waals surface area (Å²) in [5.74, 6) is 1.60. The van der Waals surface area contributed by atoms with Crippen LogP contribution in [-0.2, 0) is 4.79 Å². The van der Waals surface area contributed by atoms with Crippen molar-refractivity contribution in [2.24, 2.45) is 5.92 Å². The average Bonchev–Trinajstić information content (AvgIpc) is 3.06. The standard InChI is InChI=1S/C20H25N3O4/c1-13(2)26-17-6-4-16(5-7-17)20(25)23-10-8-15(9-11-23)19(24)21-18-12-14(3)27-22-18/h4-7,12-13,15H,8-11H2,1-3H3,(H,21,22,24). The number of hydrogen-bond donors (Lipinski definition) is 1. The monoisotopic (exact) mass is 371 g/mol. The van der Waals surface area contributed by atoms with Crippen molar-refractivity contribution in [3.63, 3.8) is 0 Å². The Morgan fingerprint density at radius 2 is 1.89 bits per heavy atom. The molecule has 7 nitrogen and oxygen atoms in total. The van der Waals surface area contributed by atoms with Crippen LogP contribution in [0.25, 0.3) is 0 Å². The van der Waals surface area contributed by atoms with E-state index >= 15 is 0 Å². The van der Waals surface area contributed by atoms with Crippen molar-refractivity contribution in [1.29, 1.82) is 0 Å². The van der Waals surface area contributed by atoms with Crippen LogP contribution in [0.4, 0.5) is 5.82 Å². The first-order chi connectivity index (χ1) is 12.9. The number of aryl methyl sites for hydroxylation is 1. The molecule has 1 aliphatic heterocycles. The highest BCUT2D eigenvalue weighted by molar-refractivity contribution is 5.95. The molecule has 7 heteroatoms. The number of aromatic nitrogens is 1. The maximum atomic E-state index is 12.7. The van der Waals surface area contributed by atoms with E-state index < -0.39 is 0 Å². The largest absolute Gasteiger partial charge is 0.491 e. The number of likely N-dealkylation sites (tertiary alicyclic amines) is 1. The van der Waals surface area contributed by atoms with Gasteiger partial charge in [-0.2, -0.15) is 0 Å². The van der Waals surface area contributed by atoms with Gasteiger partial charge in [-0.05, 0) is 57.9 Å². The number of piperidine rings is 1. The molecule has 1 aromatic heterocycles. The molecule has 1 N–H and O–H groups in total. The zero-order valence-electron chi connectivity index (χ0n) is 15.9. The molecule has 1 aliphatic rings. The van der Waals surface area contributed by atoms with E-state index in [1.807, 2.05) is 26.0 Å². The lowest BCUT2D eigenvalue weighted by molar-refractivity contribution is -0.121. The summed E-state index contributed by atoms with van der Waals surface area (Å²) in [6.07, 6.45) is 1.35. The molecule has 2 heterocycles. The minimum atomic E-state index is -0.132. The third-order valence-corrected chi connectivity index (χ3v) is 4.51. The third kappa shape index (κ3) is 4.87. The van der Waals surface area contributed by atoms with Crippen LogP contribution >= 0.6 is 0 Å². The van der Waals surface area contributed by atoms with E-state index in [4.69, 9.17) is 9.26 Å². The van der Waals surface area contributed by atoms with E-state index in [2.05, 4.69) is 10.5 Å². The van der Waals surface area contributed by atoms with Crippen LogP contribution in [0, 0.1) is 12.8 Å². The topological polar surface area (TPSA) is 84.7 Å². The fourth-order valence-corrected chi connectivity index (χ4v) is 3.13. The van der Waals surface area contributed by atoms with Gasteiger partial charge in [0.25, 0.3) is 5.91 Å². The second-order valence-corrected chi connectivity index (χ2v) is 7.07. The second kappa shape index (κ2) is 8.24. The van der Waals surface area contributed by atoms with Gasteiger partial charge in [-0.25, -0.2) is 0 Å². The number of ether oxygens (including phenoxy) is 1. The summed E-state index contributed by atoms with van der Waals surface area (Å²) < 4.78 is 10.6. The Morgan fingerprint density at radius 1 is 1.22 bits per heavy atom. The molecule has 0 bridgehead atoms. The predicted octanol–water partition coefficient (Wildman–Crippen LogP) is 3.26. The highest BCUT2D eigenvalue weighted by Gasteiger charge is 2.28. The lowest BCUT2D eigenvalue weighted by atomic mass is 9.95. The summed E-state index contributed by atoms with van der Waals surface area (Å²) in [5.41, 5.74) is 0.632. The molecule has 0 atom stereocenters. The quantitative estimate of drug-likeness (QED) is 0.872. The maximum Gasteiger partial charge on any atom is 0.253 e. The molecular weight excluding hydrogens is 346 g/mol. The number of nitrogens with one attached hydrogen (secondary N) is 1. The van der Waals surface area contributed by atoms with Crippen LogP contribution in [0.3, 0.4) is 0 Å². The number of hydrogen-bond acceptors (Lipinski definition) is 5. The molecule has 1 saturated heterocycles. The fourth-order valence-electron chi connectivity index (χ4n) is 3.13. The second-order valence-electron chi connectivity index (χ2n) is 7.07. The number of nitrogens with zero attached hydrogens (tertiary/aromatic N) is 2. The smallest absolute Gasteiger partial charge is 0.253 e. The first-order valence-electron chi connectivity index (χ1n) is 9.22. The minimum Gasteiger partial charge on any atom is -0.491 e. The Labute approximate surface area is 158 Å². The van der Waals surface area contributed by atoms with Gasteiger partial charge in [0.05, 0.1) is 6.10 Å². The third-order valence-electron chi connectivity index (χ3n) is 4.51. The Hall–Kier alpha value is -2.83.